The highest BCUT2D eigenvalue weighted by atomic mass is 19.4. The zero-order valence-corrected chi connectivity index (χ0v) is 16.3. The van der Waals surface area contributed by atoms with Crippen LogP contribution in [0.5, 0.6) is 5.75 Å². The Labute approximate surface area is 169 Å². The monoisotopic (exact) mass is 429 g/mol. The Balaban J connectivity index is 1.66. The van der Waals surface area contributed by atoms with Crippen molar-refractivity contribution in [3.8, 4) is 17.0 Å². The highest BCUT2D eigenvalue weighted by Crippen LogP contribution is 2.43. The van der Waals surface area contributed by atoms with Crippen molar-refractivity contribution in [3.63, 3.8) is 0 Å². The van der Waals surface area contributed by atoms with E-state index in [0.29, 0.717) is 25.6 Å². The minimum atomic E-state index is -4.59. The van der Waals surface area contributed by atoms with Crippen LogP contribution in [0.4, 0.5) is 27.9 Å². The molecule has 2 saturated heterocycles. The molecule has 0 bridgehead atoms. The van der Waals surface area contributed by atoms with Gasteiger partial charge in [-0.25, -0.2) is 13.8 Å². The minimum absolute atomic E-state index is 0.0362. The van der Waals surface area contributed by atoms with Gasteiger partial charge in [-0.05, 0) is 45.1 Å². The third kappa shape index (κ3) is 3.55. The second-order valence-electron chi connectivity index (χ2n) is 7.89. The van der Waals surface area contributed by atoms with Gasteiger partial charge < -0.3 is 14.9 Å². The number of piperidine rings is 1. The summed E-state index contributed by atoms with van der Waals surface area (Å²) in [6.45, 7) is 2.07. The van der Waals surface area contributed by atoms with Crippen LogP contribution in [0, 0.1) is 12.8 Å². The van der Waals surface area contributed by atoms with E-state index < -0.39 is 41.9 Å². The number of hydrogen-bond donors (Lipinski definition) is 1. The van der Waals surface area contributed by atoms with Crippen LogP contribution in [0.3, 0.4) is 0 Å². The van der Waals surface area contributed by atoms with Crippen LogP contribution >= 0.6 is 0 Å². The molecule has 1 aromatic heterocycles. The summed E-state index contributed by atoms with van der Waals surface area (Å²) in [5.41, 5.74) is -0.598. The number of aromatic nitrogens is 3. The van der Waals surface area contributed by atoms with E-state index in [1.54, 1.807) is 6.92 Å². The van der Waals surface area contributed by atoms with Gasteiger partial charge in [0.15, 0.2) is 0 Å². The number of likely N-dealkylation sites (N-methyl/N-ethyl adjacent to an activating group) is 1. The van der Waals surface area contributed by atoms with E-state index in [-0.39, 0.29) is 22.9 Å². The molecule has 0 spiro atoms. The number of benzene rings is 1. The van der Waals surface area contributed by atoms with Crippen molar-refractivity contribution in [1.29, 1.82) is 0 Å². The number of aromatic hydroxyl groups is 1. The van der Waals surface area contributed by atoms with Crippen molar-refractivity contribution < 1.29 is 27.1 Å². The number of hydrogen-bond acceptors (Lipinski definition) is 6. The van der Waals surface area contributed by atoms with Crippen LogP contribution in [0.15, 0.2) is 18.2 Å². The van der Waals surface area contributed by atoms with E-state index in [4.69, 9.17) is 0 Å². The first-order valence-electron chi connectivity index (χ1n) is 9.42. The number of phenols is 1. The summed E-state index contributed by atoms with van der Waals surface area (Å²) in [5.74, 6) is -4.23. The highest BCUT2D eigenvalue weighted by Gasteiger charge is 2.56. The normalized spacial score (nSPS) is 24.2. The van der Waals surface area contributed by atoms with E-state index in [2.05, 4.69) is 15.2 Å². The second-order valence-corrected chi connectivity index (χ2v) is 7.89. The number of rotatable bonds is 2. The first kappa shape index (κ1) is 20.7. The van der Waals surface area contributed by atoms with E-state index >= 15 is 0 Å². The van der Waals surface area contributed by atoms with Gasteiger partial charge in [-0.3, -0.25) is 0 Å². The van der Waals surface area contributed by atoms with Gasteiger partial charge >= 0.3 is 6.18 Å². The number of fused-ring (bicyclic) bond motifs is 1. The topological polar surface area (TPSA) is 65.4 Å². The van der Waals surface area contributed by atoms with Crippen molar-refractivity contribution in [3.05, 3.63) is 29.5 Å². The molecule has 3 heterocycles. The Morgan fingerprint density at radius 3 is 2.57 bits per heavy atom. The molecule has 30 heavy (non-hydrogen) atoms. The maximum absolute atomic E-state index is 14.5. The largest absolute Gasteiger partial charge is 0.507 e. The molecule has 1 N–H and O–H groups in total. The smallest absolute Gasteiger partial charge is 0.416 e. The molecule has 2 aliphatic rings. The molecule has 0 radical (unpaired) electrons. The Kier molecular flexibility index (Phi) is 4.83. The average Bonchev–Trinajstić information content (AvgIpc) is 2.91. The summed E-state index contributed by atoms with van der Waals surface area (Å²) in [6, 6.07) is 2.07. The van der Waals surface area contributed by atoms with Crippen LogP contribution in [0.1, 0.15) is 17.7 Å². The Morgan fingerprint density at radius 1 is 1.20 bits per heavy atom. The van der Waals surface area contributed by atoms with E-state index in [1.165, 1.54) is 4.90 Å². The number of nitrogens with zero attached hydrogens (tertiary/aromatic N) is 5. The molecule has 4 rings (SSSR count). The number of likely N-dealkylation sites (tertiary alicyclic amines) is 1. The molecule has 0 saturated carbocycles. The van der Waals surface area contributed by atoms with Crippen molar-refractivity contribution in [2.24, 2.45) is 5.92 Å². The summed E-state index contributed by atoms with van der Waals surface area (Å²) in [7, 11) is 1.87. The molecule has 1 aromatic carbocycles. The standard InChI is InChI=1S/C19H20F5N5O/c1-10-16(12-4-3-11(7-15(12)30)19(22,23)24)26-27-17(25-10)29-9-18(20,21)13-5-6-28(2)8-14(13)29/h3-4,7,13-14,30H,5-6,8-9H2,1-2H3/t13-,14+/m1/s1. The van der Waals surface area contributed by atoms with Gasteiger partial charge in [0, 0.05) is 18.0 Å². The number of aryl methyl sites for hydroxylation is 1. The van der Waals surface area contributed by atoms with Gasteiger partial charge in [0.2, 0.25) is 5.95 Å². The summed E-state index contributed by atoms with van der Waals surface area (Å²) in [6.07, 6.45) is -4.22. The fraction of sp³-hybridized carbons (Fsp3) is 0.526. The fourth-order valence-corrected chi connectivity index (χ4v) is 4.25. The van der Waals surface area contributed by atoms with Crippen molar-refractivity contribution in [1.82, 2.24) is 20.1 Å². The summed E-state index contributed by atoms with van der Waals surface area (Å²) in [5, 5.41) is 18.0. The minimum Gasteiger partial charge on any atom is -0.507 e. The SMILES string of the molecule is Cc1nc(N2CC(F)(F)[C@@H]3CCN(C)C[C@@H]32)nnc1-c1ccc(C(F)(F)F)cc1O. The van der Waals surface area contributed by atoms with Crippen LogP contribution in [0.25, 0.3) is 11.3 Å². The molecule has 0 amide bonds. The molecule has 2 aliphatic heterocycles. The Hall–Kier alpha value is -2.56. The lowest BCUT2D eigenvalue weighted by atomic mass is 9.90. The third-order valence-corrected chi connectivity index (χ3v) is 5.80. The van der Waals surface area contributed by atoms with Crippen molar-refractivity contribution >= 4 is 5.95 Å². The maximum Gasteiger partial charge on any atom is 0.416 e. The molecule has 2 atom stereocenters. The molecule has 0 unspecified atom stereocenters. The van der Waals surface area contributed by atoms with Crippen molar-refractivity contribution in [2.75, 3.05) is 31.6 Å². The van der Waals surface area contributed by atoms with Crippen molar-refractivity contribution in [2.45, 2.75) is 31.5 Å². The third-order valence-electron chi connectivity index (χ3n) is 5.80. The number of phenolic OH excluding ortho intramolecular Hbond substituents is 1. The fourth-order valence-electron chi connectivity index (χ4n) is 4.25. The number of alkyl halides is 5. The van der Waals surface area contributed by atoms with E-state index in [1.807, 2.05) is 11.9 Å². The van der Waals surface area contributed by atoms with Crippen LogP contribution in [0.2, 0.25) is 0 Å². The van der Waals surface area contributed by atoms with E-state index in [0.717, 1.165) is 12.1 Å². The summed E-state index contributed by atoms with van der Waals surface area (Å²) >= 11 is 0. The first-order chi connectivity index (χ1) is 14.0. The van der Waals surface area contributed by atoms with Gasteiger partial charge in [-0.2, -0.15) is 13.2 Å². The van der Waals surface area contributed by atoms with Gasteiger partial charge in [0.1, 0.15) is 11.4 Å². The quantitative estimate of drug-likeness (QED) is 0.739. The predicted octanol–water partition coefficient (Wildman–Crippen LogP) is 3.35. The molecule has 6 nitrogen and oxygen atoms in total. The predicted molar refractivity (Wildman–Crippen MR) is 98.4 cm³/mol. The van der Waals surface area contributed by atoms with Gasteiger partial charge in [-0.1, -0.05) is 0 Å². The second kappa shape index (κ2) is 7.00. The molecular weight excluding hydrogens is 409 g/mol. The lowest BCUT2D eigenvalue weighted by Gasteiger charge is -2.36. The summed E-state index contributed by atoms with van der Waals surface area (Å²) in [4.78, 5) is 7.72. The van der Waals surface area contributed by atoms with Crippen LogP contribution in [-0.2, 0) is 6.18 Å². The molecule has 162 valence electrons. The molecular formula is C19H20F5N5O. The van der Waals surface area contributed by atoms with Gasteiger partial charge in [0.05, 0.1) is 23.8 Å². The van der Waals surface area contributed by atoms with Gasteiger partial charge in [0.25, 0.3) is 5.92 Å². The Morgan fingerprint density at radius 2 is 1.93 bits per heavy atom. The first-order valence-corrected chi connectivity index (χ1v) is 9.42. The zero-order chi connectivity index (χ0) is 21.8. The lowest BCUT2D eigenvalue weighted by molar-refractivity contribution is -0.137. The van der Waals surface area contributed by atoms with E-state index in [9.17, 15) is 27.1 Å². The van der Waals surface area contributed by atoms with Crippen LogP contribution < -0.4 is 4.90 Å². The zero-order valence-electron chi connectivity index (χ0n) is 16.3. The maximum atomic E-state index is 14.5. The average molecular weight is 429 g/mol. The van der Waals surface area contributed by atoms with Gasteiger partial charge in [-0.15, -0.1) is 10.2 Å². The number of halogens is 5. The molecule has 2 fully saturated rings. The van der Waals surface area contributed by atoms with Crippen LogP contribution in [-0.4, -0.2) is 63.8 Å². The summed E-state index contributed by atoms with van der Waals surface area (Å²) < 4.78 is 67.5. The lowest BCUT2D eigenvalue weighted by Crippen LogP contribution is -2.48. The number of anilines is 1. The molecule has 2 aromatic rings. The molecule has 0 aliphatic carbocycles. The highest BCUT2D eigenvalue weighted by molar-refractivity contribution is 5.69. The molecule has 11 heteroatoms. The Bertz CT molecular complexity index is 967.